The molecule has 74 valence electrons. The van der Waals surface area contributed by atoms with Crippen LogP contribution in [0.25, 0.3) is 0 Å². The van der Waals surface area contributed by atoms with Gasteiger partial charge in [0.05, 0.1) is 12.2 Å². The van der Waals surface area contributed by atoms with Gasteiger partial charge in [-0.3, -0.25) is 4.68 Å². The zero-order valence-electron chi connectivity index (χ0n) is 8.75. The van der Waals surface area contributed by atoms with E-state index in [2.05, 4.69) is 25.0 Å². The van der Waals surface area contributed by atoms with Gasteiger partial charge in [0, 0.05) is 11.7 Å². The lowest BCUT2D eigenvalue weighted by atomic mass is 10.2. The van der Waals surface area contributed by atoms with Crippen molar-refractivity contribution in [2.24, 2.45) is 5.73 Å². The first kappa shape index (κ1) is 10.3. The number of nitrogens with zero attached hydrogens (tertiary/aromatic N) is 2. The van der Waals surface area contributed by atoms with Crippen molar-refractivity contribution in [3.05, 3.63) is 17.5 Å². The molecule has 0 amide bonds. The Morgan fingerprint density at radius 3 is 2.69 bits per heavy atom. The van der Waals surface area contributed by atoms with Crippen LogP contribution in [0, 0.1) is 13.8 Å². The summed E-state index contributed by atoms with van der Waals surface area (Å²) >= 11 is 0. The topological polar surface area (TPSA) is 43.8 Å². The molecule has 0 saturated carbocycles. The Morgan fingerprint density at radius 1 is 1.54 bits per heavy atom. The van der Waals surface area contributed by atoms with Gasteiger partial charge in [-0.15, -0.1) is 0 Å². The number of aromatic nitrogens is 2. The summed E-state index contributed by atoms with van der Waals surface area (Å²) in [5.41, 5.74) is 8.20. The summed E-state index contributed by atoms with van der Waals surface area (Å²) in [7, 11) is 0. The van der Waals surface area contributed by atoms with Gasteiger partial charge in [0.2, 0.25) is 0 Å². The summed E-state index contributed by atoms with van der Waals surface area (Å²) in [5, 5.41) is 4.37. The molecule has 0 saturated heterocycles. The summed E-state index contributed by atoms with van der Waals surface area (Å²) in [6, 6.07) is 2.32. The SMILES string of the molecule is CCCC(N)Cn1nc(C)cc1C. The Labute approximate surface area is 79.9 Å². The molecule has 1 aromatic rings. The highest BCUT2D eigenvalue weighted by atomic mass is 15.3. The van der Waals surface area contributed by atoms with Gasteiger partial charge in [0.25, 0.3) is 0 Å². The minimum absolute atomic E-state index is 0.239. The second-order valence-corrected chi connectivity index (χ2v) is 3.66. The van der Waals surface area contributed by atoms with Crippen molar-refractivity contribution in [2.45, 2.75) is 46.2 Å². The summed E-state index contributed by atoms with van der Waals surface area (Å²) in [6.45, 7) is 7.07. The van der Waals surface area contributed by atoms with Crippen LogP contribution in [0.5, 0.6) is 0 Å². The number of hydrogen-bond acceptors (Lipinski definition) is 2. The highest BCUT2D eigenvalue weighted by Gasteiger charge is 2.05. The molecule has 3 nitrogen and oxygen atoms in total. The summed E-state index contributed by atoms with van der Waals surface area (Å²) in [6.07, 6.45) is 2.21. The highest BCUT2D eigenvalue weighted by Crippen LogP contribution is 2.04. The van der Waals surface area contributed by atoms with Gasteiger partial charge in [-0.25, -0.2) is 0 Å². The van der Waals surface area contributed by atoms with Gasteiger partial charge < -0.3 is 5.73 Å². The second-order valence-electron chi connectivity index (χ2n) is 3.66. The number of hydrogen-bond donors (Lipinski definition) is 1. The molecule has 1 rings (SSSR count). The van der Waals surface area contributed by atoms with Crippen LogP contribution < -0.4 is 5.73 Å². The van der Waals surface area contributed by atoms with Crippen molar-refractivity contribution in [1.29, 1.82) is 0 Å². The molecule has 0 fully saturated rings. The van der Waals surface area contributed by atoms with E-state index in [1.165, 1.54) is 5.69 Å². The normalized spacial score (nSPS) is 13.2. The molecule has 1 heterocycles. The molecule has 0 radical (unpaired) electrons. The van der Waals surface area contributed by atoms with Gasteiger partial charge in [0.1, 0.15) is 0 Å². The monoisotopic (exact) mass is 181 g/mol. The predicted molar refractivity (Wildman–Crippen MR) is 54.6 cm³/mol. The van der Waals surface area contributed by atoms with E-state index < -0.39 is 0 Å². The molecule has 1 atom stereocenters. The minimum Gasteiger partial charge on any atom is -0.326 e. The van der Waals surface area contributed by atoms with Crippen LogP contribution in [0.1, 0.15) is 31.2 Å². The first-order valence-electron chi connectivity index (χ1n) is 4.90. The van der Waals surface area contributed by atoms with E-state index in [9.17, 15) is 0 Å². The average Bonchev–Trinajstić information content (AvgIpc) is 2.30. The Morgan fingerprint density at radius 2 is 2.23 bits per heavy atom. The fourth-order valence-electron chi connectivity index (χ4n) is 1.54. The van der Waals surface area contributed by atoms with E-state index >= 15 is 0 Å². The van der Waals surface area contributed by atoms with Crippen LogP contribution >= 0.6 is 0 Å². The molecule has 0 bridgehead atoms. The highest BCUT2D eigenvalue weighted by molar-refractivity contribution is 5.06. The Kier molecular flexibility index (Phi) is 3.48. The third-order valence-electron chi connectivity index (χ3n) is 2.17. The van der Waals surface area contributed by atoms with Crippen molar-refractivity contribution in [1.82, 2.24) is 9.78 Å². The quantitative estimate of drug-likeness (QED) is 0.767. The average molecular weight is 181 g/mol. The zero-order chi connectivity index (χ0) is 9.84. The molecule has 0 aliphatic carbocycles. The molecule has 0 spiro atoms. The van der Waals surface area contributed by atoms with E-state index in [1.54, 1.807) is 0 Å². The first-order chi connectivity index (χ1) is 6.13. The smallest absolute Gasteiger partial charge is 0.0596 e. The van der Waals surface area contributed by atoms with Crippen LogP contribution in [-0.4, -0.2) is 15.8 Å². The third-order valence-corrected chi connectivity index (χ3v) is 2.17. The first-order valence-corrected chi connectivity index (χ1v) is 4.90. The van der Waals surface area contributed by atoms with Gasteiger partial charge >= 0.3 is 0 Å². The molecular formula is C10H19N3. The molecular weight excluding hydrogens is 162 g/mol. The van der Waals surface area contributed by atoms with E-state index in [-0.39, 0.29) is 6.04 Å². The summed E-state index contributed by atoms with van der Waals surface area (Å²) in [4.78, 5) is 0. The van der Waals surface area contributed by atoms with Crippen LogP contribution in [0.15, 0.2) is 6.07 Å². The standard InChI is InChI=1S/C10H19N3/c1-4-5-10(11)7-13-9(3)6-8(2)12-13/h6,10H,4-5,7,11H2,1-3H3. The van der Waals surface area contributed by atoms with Gasteiger partial charge in [0.15, 0.2) is 0 Å². The van der Waals surface area contributed by atoms with Crippen LogP contribution in [-0.2, 0) is 6.54 Å². The molecule has 3 heteroatoms. The Balaban J connectivity index is 2.57. The van der Waals surface area contributed by atoms with Crippen molar-refractivity contribution in [2.75, 3.05) is 0 Å². The summed E-state index contributed by atoms with van der Waals surface area (Å²) in [5.74, 6) is 0. The molecule has 13 heavy (non-hydrogen) atoms. The van der Waals surface area contributed by atoms with Crippen LogP contribution in [0.4, 0.5) is 0 Å². The van der Waals surface area contributed by atoms with E-state index in [4.69, 9.17) is 5.73 Å². The van der Waals surface area contributed by atoms with Gasteiger partial charge in [-0.05, 0) is 26.3 Å². The van der Waals surface area contributed by atoms with Gasteiger partial charge in [-0.2, -0.15) is 5.10 Å². The van der Waals surface area contributed by atoms with E-state index in [1.807, 2.05) is 11.6 Å². The maximum Gasteiger partial charge on any atom is 0.0596 e. The van der Waals surface area contributed by atoms with Gasteiger partial charge in [-0.1, -0.05) is 13.3 Å². The van der Waals surface area contributed by atoms with Crippen molar-refractivity contribution < 1.29 is 0 Å². The van der Waals surface area contributed by atoms with E-state index in [0.717, 1.165) is 25.1 Å². The van der Waals surface area contributed by atoms with Crippen LogP contribution in [0.3, 0.4) is 0 Å². The zero-order valence-corrected chi connectivity index (χ0v) is 8.75. The summed E-state index contributed by atoms with van der Waals surface area (Å²) < 4.78 is 2.00. The molecule has 1 aromatic heterocycles. The van der Waals surface area contributed by atoms with Crippen molar-refractivity contribution in [3.8, 4) is 0 Å². The largest absolute Gasteiger partial charge is 0.326 e. The van der Waals surface area contributed by atoms with E-state index in [0.29, 0.717) is 0 Å². The maximum absolute atomic E-state index is 5.93. The van der Waals surface area contributed by atoms with Crippen molar-refractivity contribution in [3.63, 3.8) is 0 Å². The fourth-order valence-corrected chi connectivity index (χ4v) is 1.54. The lowest BCUT2D eigenvalue weighted by Gasteiger charge is -2.11. The fraction of sp³-hybridized carbons (Fsp3) is 0.700. The maximum atomic E-state index is 5.93. The molecule has 0 aliphatic rings. The second kappa shape index (κ2) is 4.42. The minimum atomic E-state index is 0.239. The molecule has 0 aliphatic heterocycles. The van der Waals surface area contributed by atoms with Crippen molar-refractivity contribution >= 4 is 0 Å². The Hall–Kier alpha value is -0.830. The number of rotatable bonds is 4. The lowest BCUT2D eigenvalue weighted by molar-refractivity contribution is 0.473. The third kappa shape index (κ3) is 2.84. The number of nitrogens with two attached hydrogens (primary N) is 1. The molecule has 2 N–H and O–H groups in total. The van der Waals surface area contributed by atoms with Crippen LogP contribution in [0.2, 0.25) is 0 Å². The molecule has 1 unspecified atom stereocenters. The molecule has 0 aromatic carbocycles. The lowest BCUT2D eigenvalue weighted by Crippen LogP contribution is -2.26. The number of aryl methyl sites for hydroxylation is 2. The Bertz CT molecular complexity index is 265. The predicted octanol–water partition coefficient (Wildman–Crippen LogP) is 1.63.